The molecule has 1 saturated heterocycles. The summed E-state index contributed by atoms with van der Waals surface area (Å²) in [6.07, 6.45) is 2.33. The number of aromatic nitrogens is 2. The van der Waals surface area contributed by atoms with Crippen molar-refractivity contribution in [3.05, 3.63) is 12.3 Å². The second-order valence-corrected chi connectivity index (χ2v) is 5.77. The minimum absolute atomic E-state index is 0.0879. The van der Waals surface area contributed by atoms with Gasteiger partial charge in [-0.3, -0.25) is 4.79 Å². The summed E-state index contributed by atoms with van der Waals surface area (Å²) in [5.74, 6) is 1.19. The summed E-state index contributed by atoms with van der Waals surface area (Å²) in [4.78, 5) is 13.8. The third-order valence-corrected chi connectivity index (χ3v) is 3.36. The van der Waals surface area contributed by atoms with Crippen LogP contribution in [0.5, 0.6) is 0 Å². The standard InChI is InChI=1S/C15H25N5O2/c1-12(2)9-15(21)17-4-3-16-14-10-13(11-18-19-14)20-5-7-22-8-6-20/h10-12H,3-9H2,1-2H3,(H,16,19)(H,17,21). The first-order valence-corrected chi connectivity index (χ1v) is 7.81. The van der Waals surface area contributed by atoms with Crippen molar-refractivity contribution in [1.82, 2.24) is 15.5 Å². The highest BCUT2D eigenvalue weighted by molar-refractivity contribution is 5.76. The zero-order valence-corrected chi connectivity index (χ0v) is 13.3. The van der Waals surface area contributed by atoms with Crippen LogP contribution in [0.3, 0.4) is 0 Å². The molecule has 0 aromatic carbocycles. The lowest BCUT2D eigenvalue weighted by molar-refractivity contribution is -0.121. The third-order valence-electron chi connectivity index (χ3n) is 3.36. The van der Waals surface area contributed by atoms with Gasteiger partial charge in [-0.05, 0) is 5.92 Å². The van der Waals surface area contributed by atoms with Gasteiger partial charge in [-0.2, -0.15) is 5.10 Å². The number of morpholine rings is 1. The number of hydrogen-bond donors (Lipinski definition) is 2. The quantitative estimate of drug-likeness (QED) is 0.728. The highest BCUT2D eigenvalue weighted by atomic mass is 16.5. The van der Waals surface area contributed by atoms with Crippen molar-refractivity contribution < 1.29 is 9.53 Å². The summed E-state index contributed by atoms with van der Waals surface area (Å²) < 4.78 is 5.35. The van der Waals surface area contributed by atoms with Gasteiger partial charge in [-0.15, -0.1) is 5.10 Å². The fourth-order valence-electron chi connectivity index (χ4n) is 2.27. The summed E-state index contributed by atoms with van der Waals surface area (Å²) in [6, 6.07) is 1.98. The van der Waals surface area contributed by atoms with Crippen LogP contribution in [-0.4, -0.2) is 55.5 Å². The van der Waals surface area contributed by atoms with E-state index in [-0.39, 0.29) is 5.91 Å². The molecule has 0 atom stereocenters. The first-order chi connectivity index (χ1) is 10.6. The third kappa shape index (κ3) is 5.48. The van der Waals surface area contributed by atoms with Gasteiger partial charge in [0.1, 0.15) is 0 Å². The normalized spacial score (nSPS) is 15.0. The van der Waals surface area contributed by atoms with E-state index < -0.39 is 0 Å². The fourth-order valence-corrected chi connectivity index (χ4v) is 2.27. The topological polar surface area (TPSA) is 79.4 Å². The Labute approximate surface area is 131 Å². The summed E-state index contributed by atoms with van der Waals surface area (Å²) in [7, 11) is 0. The lowest BCUT2D eigenvalue weighted by Gasteiger charge is -2.28. The van der Waals surface area contributed by atoms with Crippen LogP contribution in [0.1, 0.15) is 20.3 Å². The maximum absolute atomic E-state index is 11.5. The Morgan fingerprint density at radius 2 is 2.14 bits per heavy atom. The van der Waals surface area contributed by atoms with Crippen molar-refractivity contribution in [2.75, 3.05) is 49.6 Å². The van der Waals surface area contributed by atoms with E-state index in [2.05, 4.69) is 25.7 Å². The molecule has 122 valence electrons. The smallest absolute Gasteiger partial charge is 0.220 e. The Hall–Kier alpha value is -1.89. The Balaban J connectivity index is 1.75. The molecule has 1 aromatic rings. The Morgan fingerprint density at radius 1 is 1.36 bits per heavy atom. The fraction of sp³-hybridized carbons (Fsp3) is 0.667. The molecule has 0 spiro atoms. The molecular weight excluding hydrogens is 282 g/mol. The molecule has 22 heavy (non-hydrogen) atoms. The van der Waals surface area contributed by atoms with E-state index >= 15 is 0 Å². The van der Waals surface area contributed by atoms with E-state index in [1.807, 2.05) is 19.9 Å². The van der Waals surface area contributed by atoms with Crippen LogP contribution in [-0.2, 0) is 9.53 Å². The lowest BCUT2D eigenvalue weighted by atomic mass is 10.1. The van der Waals surface area contributed by atoms with Crippen molar-refractivity contribution in [2.45, 2.75) is 20.3 Å². The number of hydrogen-bond acceptors (Lipinski definition) is 6. The van der Waals surface area contributed by atoms with Crippen molar-refractivity contribution in [2.24, 2.45) is 5.92 Å². The second-order valence-electron chi connectivity index (χ2n) is 5.77. The van der Waals surface area contributed by atoms with Gasteiger partial charge in [-0.25, -0.2) is 0 Å². The van der Waals surface area contributed by atoms with Crippen molar-refractivity contribution in [3.63, 3.8) is 0 Å². The van der Waals surface area contributed by atoms with Crippen molar-refractivity contribution >= 4 is 17.4 Å². The largest absolute Gasteiger partial charge is 0.378 e. The molecule has 0 saturated carbocycles. The van der Waals surface area contributed by atoms with Crippen LogP contribution in [0, 0.1) is 5.92 Å². The minimum Gasteiger partial charge on any atom is -0.378 e. The van der Waals surface area contributed by atoms with E-state index in [0.717, 1.165) is 37.8 Å². The Morgan fingerprint density at radius 3 is 2.86 bits per heavy atom. The molecule has 7 nitrogen and oxygen atoms in total. The van der Waals surface area contributed by atoms with E-state index in [4.69, 9.17) is 4.74 Å². The van der Waals surface area contributed by atoms with Crippen LogP contribution in [0.25, 0.3) is 0 Å². The van der Waals surface area contributed by atoms with Gasteiger partial charge in [0.05, 0.1) is 25.1 Å². The van der Waals surface area contributed by atoms with Crippen LogP contribution in [0.15, 0.2) is 12.3 Å². The predicted molar refractivity (Wildman–Crippen MR) is 86.0 cm³/mol. The van der Waals surface area contributed by atoms with Gasteiger partial charge in [0.15, 0.2) is 5.82 Å². The highest BCUT2D eigenvalue weighted by Crippen LogP contribution is 2.16. The first-order valence-electron chi connectivity index (χ1n) is 7.81. The number of rotatable bonds is 7. The predicted octanol–water partition coefficient (Wildman–Crippen LogP) is 0.887. The van der Waals surface area contributed by atoms with Gasteiger partial charge in [0.25, 0.3) is 0 Å². The Kier molecular flexibility index (Phi) is 6.39. The van der Waals surface area contributed by atoms with Crippen molar-refractivity contribution in [3.8, 4) is 0 Å². The molecule has 1 fully saturated rings. The summed E-state index contributed by atoms with van der Waals surface area (Å²) >= 11 is 0. The average molecular weight is 307 g/mol. The maximum atomic E-state index is 11.5. The molecule has 0 unspecified atom stereocenters. The zero-order chi connectivity index (χ0) is 15.8. The Bertz CT molecular complexity index is 475. The second kappa shape index (κ2) is 8.53. The highest BCUT2D eigenvalue weighted by Gasteiger charge is 2.12. The molecule has 2 heterocycles. The molecular formula is C15H25N5O2. The molecule has 0 bridgehead atoms. The number of nitrogens with zero attached hydrogens (tertiary/aromatic N) is 3. The first kappa shape index (κ1) is 16.5. The van der Waals surface area contributed by atoms with Crippen LogP contribution in [0.4, 0.5) is 11.5 Å². The lowest BCUT2D eigenvalue weighted by Crippen LogP contribution is -2.36. The molecule has 0 radical (unpaired) electrons. The average Bonchev–Trinajstić information content (AvgIpc) is 2.52. The van der Waals surface area contributed by atoms with Gasteiger partial charge < -0.3 is 20.3 Å². The minimum atomic E-state index is 0.0879. The van der Waals surface area contributed by atoms with Crippen LogP contribution in [0.2, 0.25) is 0 Å². The van der Waals surface area contributed by atoms with E-state index in [9.17, 15) is 4.79 Å². The number of carbonyl (C=O) groups excluding carboxylic acids is 1. The molecule has 0 aliphatic carbocycles. The summed E-state index contributed by atoms with van der Waals surface area (Å²) in [5.41, 5.74) is 1.05. The monoisotopic (exact) mass is 307 g/mol. The number of ether oxygens (including phenoxy) is 1. The molecule has 1 aliphatic heterocycles. The molecule has 2 rings (SSSR count). The van der Waals surface area contributed by atoms with Crippen LogP contribution < -0.4 is 15.5 Å². The van der Waals surface area contributed by atoms with Crippen LogP contribution >= 0.6 is 0 Å². The number of anilines is 2. The maximum Gasteiger partial charge on any atom is 0.220 e. The van der Waals surface area contributed by atoms with Crippen molar-refractivity contribution in [1.29, 1.82) is 0 Å². The van der Waals surface area contributed by atoms with E-state index in [0.29, 0.717) is 25.4 Å². The van der Waals surface area contributed by atoms with Gasteiger partial charge >= 0.3 is 0 Å². The number of carbonyl (C=O) groups is 1. The zero-order valence-electron chi connectivity index (χ0n) is 13.3. The summed E-state index contributed by atoms with van der Waals surface area (Å²) in [6.45, 7) is 8.50. The molecule has 7 heteroatoms. The molecule has 1 aromatic heterocycles. The van der Waals surface area contributed by atoms with E-state index in [1.165, 1.54) is 0 Å². The van der Waals surface area contributed by atoms with Gasteiger partial charge in [-0.1, -0.05) is 13.8 Å². The van der Waals surface area contributed by atoms with E-state index in [1.54, 1.807) is 6.20 Å². The van der Waals surface area contributed by atoms with Gasteiger partial charge in [0.2, 0.25) is 5.91 Å². The SMILES string of the molecule is CC(C)CC(=O)NCCNc1cc(N2CCOCC2)cnn1. The summed E-state index contributed by atoms with van der Waals surface area (Å²) in [5, 5.41) is 14.2. The number of amides is 1. The van der Waals surface area contributed by atoms with Gasteiger partial charge in [0, 0.05) is 38.7 Å². The molecule has 1 amide bonds. The number of nitrogens with one attached hydrogen (secondary N) is 2. The molecule has 1 aliphatic rings. The molecule has 2 N–H and O–H groups in total.